The van der Waals surface area contributed by atoms with Crippen molar-refractivity contribution in [3.63, 3.8) is 0 Å². The minimum absolute atomic E-state index is 0. The van der Waals surface area contributed by atoms with Crippen molar-refractivity contribution in [1.82, 2.24) is 0 Å². The molecular formula is C20H26Cl2OSiZr. The average molecular weight is 473 g/mol. The molecule has 0 N–H and O–H groups in total. The minimum atomic E-state index is -1.33. The molecule has 1 atom stereocenters. The van der Waals surface area contributed by atoms with Crippen molar-refractivity contribution in [3.05, 3.63) is 65.8 Å². The Morgan fingerprint density at radius 3 is 2.44 bits per heavy atom. The molecule has 0 saturated carbocycles. The van der Waals surface area contributed by atoms with E-state index in [1.807, 2.05) is 12.2 Å². The molecule has 0 saturated heterocycles. The van der Waals surface area contributed by atoms with Crippen LogP contribution in [-0.2, 0) is 30.6 Å². The van der Waals surface area contributed by atoms with Crippen LogP contribution < -0.4 is 24.8 Å². The number of rotatable bonds is 5. The fourth-order valence-electron chi connectivity index (χ4n) is 2.48. The molecule has 134 valence electrons. The van der Waals surface area contributed by atoms with Crippen molar-refractivity contribution in [1.29, 1.82) is 0 Å². The van der Waals surface area contributed by atoms with Crippen LogP contribution in [0.4, 0.5) is 0 Å². The summed E-state index contributed by atoms with van der Waals surface area (Å²) in [4.78, 5) is 0. The van der Waals surface area contributed by atoms with Crippen LogP contribution in [0.5, 0.6) is 0 Å². The van der Waals surface area contributed by atoms with Gasteiger partial charge in [-0.05, 0) is 26.1 Å². The van der Waals surface area contributed by atoms with Crippen molar-refractivity contribution >= 4 is 14.4 Å². The van der Waals surface area contributed by atoms with Gasteiger partial charge in [-0.2, -0.15) is 11.6 Å². The Bertz CT molecular complexity index is 555. The van der Waals surface area contributed by atoms with Crippen LogP contribution in [0.15, 0.2) is 42.5 Å². The van der Waals surface area contributed by atoms with Crippen molar-refractivity contribution in [2.24, 2.45) is 0 Å². The van der Waals surface area contributed by atoms with Crippen LogP contribution in [0.2, 0.25) is 19.6 Å². The third kappa shape index (κ3) is 10.7. The van der Waals surface area contributed by atoms with E-state index < -0.39 is 8.32 Å². The van der Waals surface area contributed by atoms with Gasteiger partial charge in [0, 0.05) is 6.61 Å². The molecule has 2 aliphatic rings. The first-order valence-electron chi connectivity index (χ1n) is 8.10. The molecular weight excluding hydrogens is 446 g/mol. The molecule has 1 unspecified atom stereocenters. The quantitative estimate of drug-likeness (QED) is 0.320. The number of hydrogen-bond donors (Lipinski definition) is 0. The van der Waals surface area contributed by atoms with E-state index in [4.69, 9.17) is 4.43 Å². The maximum atomic E-state index is 5.88. The first kappa shape index (κ1) is 27.3. The Hall–Kier alpha value is 0.0800. The van der Waals surface area contributed by atoms with Gasteiger partial charge in [-0.15, -0.1) is 18.1 Å². The zero-order valence-electron chi connectivity index (χ0n) is 15.2. The second-order valence-corrected chi connectivity index (χ2v) is 11.1. The molecule has 0 fully saturated rings. The van der Waals surface area contributed by atoms with Crippen molar-refractivity contribution in [3.8, 4) is 0 Å². The molecule has 1 aromatic carbocycles. The Morgan fingerprint density at radius 1 is 1.16 bits per heavy atom. The zero-order chi connectivity index (χ0) is 15.8. The van der Waals surface area contributed by atoms with E-state index >= 15 is 0 Å². The Kier molecular flexibility index (Phi) is 15.5. The first-order chi connectivity index (χ1) is 10.6. The molecule has 2 aliphatic carbocycles. The topological polar surface area (TPSA) is 9.23 Å². The standard InChI is InChI=1S/C15H21OSi.C5H5.2ClH.Zr/c1-17(2,3)16-12-6-8-14-11-10-13-7-4-5-9-15(13)14;1-2-4-5-3-1;;;/h4-5,7,9-10,14H,6,8,12H2,1-3H3;1-3H,4H2;2*1H;/q2*-1;;;+4/p-2. The summed E-state index contributed by atoms with van der Waals surface area (Å²) < 4.78 is 5.88. The fourth-order valence-corrected chi connectivity index (χ4v) is 3.24. The molecule has 0 heterocycles. The average Bonchev–Trinajstić information content (AvgIpc) is 3.16. The van der Waals surface area contributed by atoms with Crippen LogP contribution in [0.1, 0.15) is 36.3 Å². The predicted octanol–water partition coefficient (Wildman–Crippen LogP) is -0.457. The van der Waals surface area contributed by atoms with E-state index in [1.165, 1.54) is 11.1 Å². The largest absolute Gasteiger partial charge is 4.00 e. The molecule has 0 amide bonds. The van der Waals surface area contributed by atoms with E-state index in [9.17, 15) is 0 Å². The molecule has 1 nitrogen and oxygen atoms in total. The molecule has 3 rings (SSSR count). The SMILES string of the molecule is C[Si](C)(C)OCCCC1[C-]=Cc2ccccc21.[C-]1=CC=CC1.[Cl-].[Cl-].[Zr+4]. The van der Waals surface area contributed by atoms with Crippen LogP contribution in [0.25, 0.3) is 6.08 Å². The fraction of sp³-hybridized carbons (Fsp3) is 0.400. The van der Waals surface area contributed by atoms with Crippen molar-refractivity contribution < 1.29 is 55.4 Å². The predicted molar refractivity (Wildman–Crippen MR) is 97.0 cm³/mol. The molecule has 5 heteroatoms. The van der Waals surface area contributed by atoms with Gasteiger partial charge in [0.25, 0.3) is 0 Å². The van der Waals surface area contributed by atoms with Gasteiger partial charge in [0.1, 0.15) is 0 Å². The smallest absolute Gasteiger partial charge is 1.00 e. The van der Waals surface area contributed by atoms with Gasteiger partial charge in [0.15, 0.2) is 8.32 Å². The van der Waals surface area contributed by atoms with Gasteiger partial charge in [-0.25, -0.2) is 18.2 Å². The summed E-state index contributed by atoms with van der Waals surface area (Å²) >= 11 is 0. The van der Waals surface area contributed by atoms with Crippen LogP contribution in [0.3, 0.4) is 0 Å². The van der Waals surface area contributed by atoms with Crippen molar-refractivity contribution in [2.75, 3.05) is 6.61 Å². The Labute approximate surface area is 186 Å². The van der Waals surface area contributed by atoms with E-state index in [0.29, 0.717) is 5.92 Å². The number of benzene rings is 1. The van der Waals surface area contributed by atoms with Gasteiger partial charge < -0.3 is 29.2 Å². The first-order valence-corrected chi connectivity index (χ1v) is 11.5. The van der Waals surface area contributed by atoms with Gasteiger partial charge in [-0.3, -0.25) is 12.2 Å². The van der Waals surface area contributed by atoms with Crippen LogP contribution >= 0.6 is 0 Å². The third-order valence-corrected chi connectivity index (χ3v) is 4.64. The minimum Gasteiger partial charge on any atom is -1.00 e. The Balaban J connectivity index is 0. The van der Waals surface area contributed by atoms with Gasteiger partial charge in [0.05, 0.1) is 0 Å². The van der Waals surface area contributed by atoms with Crippen LogP contribution in [-0.4, -0.2) is 14.9 Å². The molecule has 0 radical (unpaired) electrons. The molecule has 0 aliphatic heterocycles. The number of halogens is 2. The summed E-state index contributed by atoms with van der Waals surface area (Å²) in [5, 5.41) is 0. The van der Waals surface area contributed by atoms with E-state index in [1.54, 1.807) is 0 Å². The van der Waals surface area contributed by atoms with Gasteiger partial charge >= 0.3 is 26.2 Å². The monoisotopic (exact) mass is 470 g/mol. The molecule has 0 spiro atoms. The van der Waals surface area contributed by atoms with E-state index in [-0.39, 0.29) is 51.0 Å². The van der Waals surface area contributed by atoms with Gasteiger partial charge in [0.2, 0.25) is 0 Å². The summed E-state index contributed by atoms with van der Waals surface area (Å²) in [6.45, 7) is 7.62. The van der Waals surface area contributed by atoms with Crippen LogP contribution in [0, 0.1) is 12.2 Å². The maximum absolute atomic E-state index is 5.88. The summed E-state index contributed by atoms with van der Waals surface area (Å²) in [6, 6.07) is 8.59. The summed E-state index contributed by atoms with van der Waals surface area (Å²) in [5.74, 6) is 0.483. The summed E-state index contributed by atoms with van der Waals surface area (Å²) in [6.07, 6.45) is 17.9. The summed E-state index contributed by atoms with van der Waals surface area (Å²) in [5.41, 5.74) is 2.77. The molecule has 0 aromatic heterocycles. The third-order valence-electron chi connectivity index (χ3n) is 3.57. The van der Waals surface area contributed by atoms with E-state index in [2.05, 4.69) is 68.2 Å². The molecule has 0 bridgehead atoms. The van der Waals surface area contributed by atoms with Crippen molar-refractivity contribution in [2.45, 2.75) is 44.8 Å². The maximum Gasteiger partial charge on any atom is 4.00 e. The Morgan fingerprint density at radius 2 is 1.88 bits per heavy atom. The molecule has 25 heavy (non-hydrogen) atoms. The zero-order valence-corrected chi connectivity index (χ0v) is 20.2. The van der Waals surface area contributed by atoms with Gasteiger partial charge in [-0.1, -0.05) is 30.5 Å². The summed E-state index contributed by atoms with van der Waals surface area (Å²) in [7, 11) is -1.33. The second kappa shape index (κ2) is 14.2. The number of allylic oxidation sites excluding steroid dienone is 5. The second-order valence-electron chi connectivity index (χ2n) is 6.60. The normalized spacial score (nSPS) is 16.0. The number of fused-ring (bicyclic) bond motifs is 1. The number of hydrogen-bond acceptors (Lipinski definition) is 1. The van der Waals surface area contributed by atoms with E-state index in [0.717, 1.165) is 25.9 Å². The molecule has 1 aromatic rings.